The van der Waals surface area contributed by atoms with Gasteiger partial charge in [0.05, 0.1) is 11.3 Å². The number of amidine groups is 1. The van der Waals surface area contributed by atoms with Crippen molar-refractivity contribution in [3.8, 4) is 0 Å². The van der Waals surface area contributed by atoms with Gasteiger partial charge in [0.1, 0.15) is 16.7 Å². The first-order valence-electron chi connectivity index (χ1n) is 6.73. The molecule has 2 rings (SSSR count). The molecule has 0 atom stereocenters. The molecule has 1 aromatic heterocycles. The summed E-state index contributed by atoms with van der Waals surface area (Å²) in [6.07, 6.45) is 1.46. The van der Waals surface area contributed by atoms with Crippen molar-refractivity contribution in [1.82, 2.24) is 10.2 Å². The van der Waals surface area contributed by atoms with E-state index in [9.17, 15) is 4.39 Å². The van der Waals surface area contributed by atoms with E-state index in [4.69, 9.17) is 11.1 Å². The zero-order valence-corrected chi connectivity index (χ0v) is 12.8. The Labute approximate surface area is 127 Å². The maximum atomic E-state index is 13.3. The lowest BCUT2D eigenvalue weighted by molar-refractivity contribution is 0.624. The molecule has 1 aromatic carbocycles. The number of nitrogens with two attached hydrogens (primary N) is 1. The Kier molecular flexibility index (Phi) is 4.90. The van der Waals surface area contributed by atoms with Gasteiger partial charge in [-0.05, 0) is 36.6 Å². The van der Waals surface area contributed by atoms with Gasteiger partial charge in [-0.1, -0.05) is 31.7 Å². The molecule has 110 valence electrons. The number of benzene rings is 1. The van der Waals surface area contributed by atoms with E-state index in [0.717, 1.165) is 24.1 Å². The minimum Gasteiger partial charge on any atom is -0.384 e. The third-order valence-electron chi connectivity index (χ3n) is 3.09. The fourth-order valence-corrected chi connectivity index (χ4v) is 3.10. The van der Waals surface area contributed by atoms with Crippen LogP contribution in [-0.4, -0.2) is 16.0 Å². The maximum Gasteiger partial charge on any atom is 0.135 e. The first-order chi connectivity index (χ1) is 10.1. The molecule has 3 N–H and O–H groups in total. The predicted molar refractivity (Wildman–Crippen MR) is 82.3 cm³/mol. The maximum absolute atomic E-state index is 13.3. The van der Waals surface area contributed by atoms with Crippen LogP contribution >= 0.6 is 11.8 Å². The van der Waals surface area contributed by atoms with Crippen LogP contribution in [0.3, 0.4) is 0 Å². The summed E-state index contributed by atoms with van der Waals surface area (Å²) in [7, 11) is 0. The third-order valence-corrected chi connectivity index (χ3v) is 4.06. The van der Waals surface area contributed by atoms with Crippen LogP contribution < -0.4 is 5.73 Å². The van der Waals surface area contributed by atoms with Gasteiger partial charge in [0, 0.05) is 4.90 Å². The van der Waals surface area contributed by atoms with E-state index in [-0.39, 0.29) is 11.7 Å². The number of hydrogen-bond acceptors (Lipinski definition) is 4. The summed E-state index contributed by atoms with van der Waals surface area (Å²) >= 11 is 1.27. The van der Waals surface area contributed by atoms with Crippen molar-refractivity contribution in [3.05, 3.63) is 46.9 Å². The highest BCUT2D eigenvalue weighted by Gasteiger charge is 2.17. The average Bonchev–Trinajstić information content (AvgIpc) is 2.46. The molecular formula is C15H17FN4S. The topological polar surface area (TPSA) is 75.7 Å². The summed E-state index contributed by atoms with van der Waals surface area (Å²) in [5, 5.41) is 16.8. The number of rotatable bonds is 5. The van der Waals surface area contributed by atoms with Crippen molar-refractivity contribution < 1.29 is 4.39 Å². The minimum absolute atomic E-state index is 0.0321. The van der Waals surface area contributed by atoms with Crippen LogP contribution in [0.5, 0.6) is 0 Å². The second kappa shape index (κ2) is 6.67. The van der Waals surface area contributed by atoms with Gasteiger partial charge >= 0.3 is 0 Å². The summed E-state index contributed by atoms with van der Waals surface area (Å²) in [5.41, 5.74) is 8.13. The Bertz CT molecular complexity index is 673. The van der Waals surface area contributed by atoms with Crippen LogP contribution in [0.4, 0.5) is 4.39 Å². The predicted octanol–water partition coefficient (Wildman–Crippen LogP) is 3.18. The molecule has 0 bridgehead atoms. The summed E-state index contributed by atoms with van der Waals surface area (Å²) in [6, 6.07) is 6.24. The van der Waals surface area contributed by atoms with Gasteiger partial charge in [-0.3, -0.25) is 5.41 Å². The Hall–Kier alpha value is -1.95. The zero-order valence-electron chi connectivity index (χ0n) is 12.0. The van der Waals surface area contributed by atoms with Gasteiger partial charge < -0.3 is 5.73 Å². The van der Waals surface area contributed by atoms with E-state index in [1.165, 1.54) is 23.9 Å². The molecule has 0 aliphatic heterocycles. The first-order valence-corrected chi connectivity index (χ1v) is 7.54. The van der Waals surface area contributed by atoms with Crippen LogP contribution in [0.25, 0.3) is 0 Å². The number of aromatic nitrogens is 2. The molecule has 0 spiro atoms. The average molecular weight is 304 g/mol. The van der Waals surface area contributed by atoms with E-state index < -0.39 is 0 Å². The number of nitrogens with zero attached hydrogens (tertiary/aromatic N) is 2. The van der Waals surface area contributed by atoms with E-state index in [2.05, 4.69) is 10.2 Å². The molecule has 0 unspecified atom stereocenters. The van der Waals surface area contributed by atoms with Crippen LogP contribution in [-0.2, 0) is 12.8 Å². The molecule has 0 aliphatic carbocycles. The van der Waals surface area contributed by atoms with E-state index in [0.29, 0.717) is 15.5 Å². The fraction of sp³-hybridized carbons (Fsp3) is 0.267. The monoisotopic (exact) mass is 304 g/mol. The SMILES string of the molecule is CCc1nnc(Sc2cccc(F)c2)c(C(=N)N)c1CC. The second-order valence-electron chi connectivity index (χ2n) is 4.49. The minimum atomic E-state index is -0.307. The van der Waals surface area contributed by atoms with E-state index in [1.54, 1.807) is 12.1 Å². The molecule has 1 heterocycles. The van der Waals surface area contributed by atoms with Crippen molar-refractivity contribution in [2.24, 2.45) is 5.73 Å². The molecule has 0 saturated heterocycles. The second-order valence-corrected chi connectivity index (χ2v) is 5.55. The molecule has 0 amide bonds. The zero-order chi connectivity index (χ0) is 15.4. The van der Waals surface area contributed by atoms with Gasteiger partial charge in [0.25, 0.3) is 0 Å². The van der Waals surface area contributed by atoms with Gasteiger partial charge in [-0.2, -0.15) is 5.10 Å². The van der Waals surface area contributed by atoms with Crippen LogP contribution in [0.2, 0.25) is 0 Å². The highest BCUT2D eigenvalue weighted by Crippen LogP contribution is 2.31. The molecule has 2 aromatic rings. The summed E-state index contributed by atoms with van der Waals surface area (Å²) in [6.45, 7) is 3.99. The summed E-state index contributed by atoms with van der Waals surface area (Å²) in [5.74, 6) is -0.339. The van der Waals surface area contributed by atoms with E-state index >= 15 is 0 Å². The third kappa shape index (κ3) is 3.39. The van der Waals surface area contributed by atoms with Crippen molar-refractivity contribution in [3.63, 3.8) is 0 Å². The largest absolute Gasteiger partial charge is 0.384 e. The fourth-order valence-electron chi connectivity index (χ4n) is 2.15. The van der Waals surface area contributed by atoms with Gasteiger partial charge in [-0.25, -0.2) is 4.39 Å². The molecular weight excluding hydrogens is 287 g/mol. The lowest BCUT2D eigenvalue weighted by atomic mass is 10.0. The standard InChI is InChI=1S/C15H17FN4S/c1-3-11-12(4-2)19-20-15(13(11)14(17)18)21-10-7-5-6-9(16)8-10/h5-8H,3-4H2,1-2H3,(H3,17,18). The van der Waals surface area contributed by atoms with Gasteiger partial charge in [0.2, 0.25) is 0 Å². The van der Waals surface area contributed by atoms with Crippen molar-refractivity contribution in [2.75, 3.05) is 0 Å². The smallest absolute Gasteiger partial charge is 0.135 e. The first kappa shape index (κ1) is 15.4. The summed E-state index contributed by atoms with van der Waals surface area (Å²) < 4.78 is 13.3. The number of nitrogen functional groups attached to an aromatic ring is 1. The highest BCUT2D eigenvalue weighted by molar-refractivity contribution is 7.99. The normalized spacial score (nSPS) is 10.6. The Balaban J connectivity index is 2.50. The number of nitrogens with one attached hydrogen (secondary N) is 1. The van der Waals surface area contributed by atoms with Gasteiger partial charge in [-0.15, -0.1) is 5.10 Å². The van der Waals surface area contributed by atoms with Crippen LogP contribution in [0, 0.1) is 11.2 Å². The Morgan fingerprint density at radius 3 is 2.62 bits per heavy atom. The molecule has 0 saturated carbocycles. The highest BCUT2D eigenvalue weighted by atomic mass is 32.2. The Morgan fingerprint density at radius 1 is 1.29 bits per heavy atom. The number of hydrogen-bond donors (Lipinski definition) is 2. The number of halogens is 1. The van der Waals surface area contributed by atoms with Crippen LogP contribution in [0.1, 0.15) is 30.7 Å². The Morgan fingerprint density at radius 2 is 2.05 bits per heavy atom. The summed E-state index contributed by atoms with van der Waals surface area (Å²) in [4.78, 5) is 0.707. The quantitative estimate of drug-likeness (QED) is 0.657. The lowest BCUT2D eigenvalue weighted by Crippen LogP contribution is -2.18. The van der Waals surface area contributed by atoms with Crippen LogP contribution in [0.15, 0.2) is 34.2 Å². The lowest BCUT2D eigenvalue weighted by Gasteiger charge is -2.13. The molecule has 0 aliphatic rings. The molecule has 21 heavy (non-hydrogen) atoms. The molecule has 0 radical (unpaired) electrons. The van der Waals surface area contributed by atoms with E-state index in [1.807, 2.05) is 13.8 Å². The van der Waals surface area contributed by atoms with Crippen molar-refractivity contribution in [1.29, 1.82) is 5.41 Å². The molecule has 4 nitrogen and oxygen atoms in total. The molecule has 0 fully saturated rings. The van der Waals surface area contributed by atoms with Crippen molar-refractivity contribution in [2.45, 2.75) is 36.6 Å². The number of aryl methyl sites for hydroxylation is 1. The van der Waals surface area contributed by atoms with Gasteiger partial charge in [0.15, 0.2) is 0 Å². The van der Waals surface area contributed by atoms with Crippen molar-refractivity contribution >= 4 is 17.6 Å². The molecule has 6 heteroatoms.